The molecule has 0 amide bonds. The first kappa shape index (κ1) is 9.15. The van der Waals surface area contributed by atoms with Crippen LogP contribution in [-0.4, -0.2) is 9.97 Å². The van der Waals surface area contributed by atoms with Crippen LogP contribution < -0.4 is 5.73 Å². The second-order valence-electron chi connectivity index (χ2n) is 2.84. The van der Waals surface area contributed by atoms with Gasteiger partial charge >= 0.3 is 0 Å². The third-order valence-electron chi connectivity index (χ3n) is 1.78. The lowest BCUT2D eigenvalue weighted by Crippen LogP contribution is -1.89. The lowest BCUT2D eigenvalue weighted by molar-refractivity contribution is 1.24. The largest absolute Gasteiger partial charge is 0.397 e. The minimum absolute atomic E-state index is 0.658. The number of aromatic nitrogens is 2. The van der Waals surface area contributed by atoms with Crippen LogP contribution in [0.2, 0.25) is 0 Å². The van der Waals surface area contributed by atoms with E-state index in [1.165, 1.54) is 0 Å². The van der Waals surface area contributed by atoms with Gasteiger partial charge in [0.05, 0.1) is 23.3 Å². The van der Waals surface area contributed by atoms with E-state index in [1.807, 2.05) is 24.3 Å². The highest BCUT2D eigenvalue weighted by molar-refractivity contribution is 9.10. The molecule has 2 aromatic rings. The summed E-state index contributed by atoms with van der Waals surface area (Å²) in [6.07, 6.45) is 3.37. The van der Waals surface area contributed by atoms with Crippen LogP contribution in [0.4, 0.5) is 5.69 Å². The zero-order chi connectivity index (χ0) is 9.97. The van der Waals surface area contributed by atoms with Crippen LogP contribution in [0.1, 0.15) is 0 Å². The van der Waals surface area contributed by atoms with Gasteiger partial charge in [-0.05, 0) is 40.2 Å². The van der Waals surface area contributed by atoms with Gasteiger partial charge in [-0.15, -0.1) is 0 Å². The van der Waals surface area contributed by atoms with Crippen molar-refractivity contribution in [2.75, 3.05) is 5.73 Å². The standard InChI is InChI=1S/C10H8BrN3/c11-7-1-3-9(13-5-7)10-4-2-8(12)6-14-10/h1-6H,12H2. The Morgan fingerprint density at radius 3 is 2.07 bits per heavy atom. The second-order valence-corrected chi connectivity index (χ2v) is 3.75. The molecule has 2 aromatic heterocycles. The van der Waals surface area contributed by atoms with E-state index in [0.717, 1.165) is 15.9 Å². The van der Waals surface area contributed by atoms with E-state index in [2.05, 4.69) is 25.9 Å². The van der Waals surface area contributed by atoms with Gasteiger partial charge in [-0.3, -0.25) is 9.97 Å². The minimum Gasteiger partial charge on any atom is -0.397 e. The molecule has 0 saturated carbocycles. The highest BCUT2D eigenvalue weighted by atomic mass is 79.9. The Bertz CT molecular complexity index is 379. The van der Waals surface area contributed by atoms with Gasteiger partial charge in [0.25, 0.3) is 0 Å². The van der Waals surface area contributed by atoms with E-state index >= 15 is 0 Å². The fourth-order valence-electron chi connectivity index (χ4n) is 1.08. The summed E-state index contributed by atoms with van der Waals surface area (Å²) in [5.74, 6) is 0. The molecule has 0 aromatic carbocycles. The molecular weight excluding hydrogens is 242 g/mol. The second kappa shape index (κ2) is 3.75. The molecule has 2 rings (SSSR count). The average Bonchev–Trinajstić information content (AvgIpc) is 2.21. The highest BCUT2D eigenvalue weighted by Crippen LogP contribution is 2.17. The van der Waals surface area contributed by atoms with Gasteiger partial charge in [0, 0.05) is 10.7 Å². The molecule has 14 heavy (non-hydrogen) atoms. The fourth-order valence-corrected chi connectivity index (χ4v) is 1.32. The molecule has 0 saturated heterocycles. The molecule has 0 radical (unpaired) electrons. The van der Waals surface area contributed by atoms with Crippen molar-refractivity contribution in [3.63, 3.8) is 0 Å². The normalized spacial score (nSPS) is 10.1. The van der Waals surface area contributed by atoms with Crippen molar-refractivity contribution in [2.24, 2.45) is 0 Å². The summed E-state index contributed by atoms with van der Waals surface area (Å²) in [5, 5.41) is 0. The summed E-state index contributed by atoms with van der Waals surface area (Å²) >= 11 is 3.33. The molecule has 0 atom stereocenters. The first-order chi connectivity index (χ1) is 6.75. The maximum Gasteiger partial charge on any atom is 0.0887 e. The molecule has 70 valence electrons. The van der Waals surface area contributed by atoms with E-state index in [9.17, 15) is 0 Å². The molecule has 3 nitrogen and oxygen atoms in total. The quantitative estimate of drug-likeness (QED) is 0.845. The summed E-state index contributed by atoms with van der Waals surface area (Å²) < 4.78 is 0.955. The summed E-state index contributed by atoms with van der Waals surface area (Å²) in [6, 6.07) is 7.50. The van der Waals surface area contributed by atoms with Crippen LogP contribution in [0.15, 0.2) is 41.1 Å². The first-order valence-corrected chi connectivity index (χ1v) is 4.88. The van der Waals surface area contributed by atoms with Gasteiger partial charge in [-0.1, -0.05) is 0 Å². The predicted molar refractivity (Wildman–Crippen MR) is 59.6 cm³/mol. The Morgan fingerprint density at radius 2 is 1.57 bits per heavy atom. The summed E-state index contributed by atoms with van der Waals surface area (Å²) in [7, 11) is 0. The number of nitrogens with zero attached hydrogens (tertiary/aromatic N) is 2. The van der Waals surface area contributed by atoms with Crippen molar-refractivity contribution in [3.8, 4) is 11.4 Å². The van der Waals surface area contributed by atoms with E-state index in [1.54, 1.807) is 12.4 Å². The van der Waals surface area contributed by atoms with Crippen molar-refractivity contribution in [2.45, 2.75) is 0 Å². The third-order valence-corrected chi connectivity index (χ3v) is 2.25. The van der Waals surface area contributed by atoms with E-state index in [-0.39, 0.29) is 0 Å². The molecule has 0 spiro atoms. The number of nitrogens with two attached hydrogens (primary N) is 1. The zero-order valence-corrected chi connectivity index (χ0v) is 8.90. The third kappa shape index (κ3) is 1.90. The van der Waals surface area contributed by atoms with Crippen LogP contribution >= 0.6 is 15.9 Å². The number of hydrogen-bond acceptors (Lipinski definition) is 3. The van der Waals surface area contributed by atoms with Crippen LogP contribution in [0.3, 0.4) is 0 Å². The fraction of sp³-hybridized carbons (Fsp3) is 0. The van der Waals surface area contributed by atoms with E-state index in [4.69, 9.17) is 5.73 Å². The predicted octanol–water partition coefficient (Wildman–Crippen LogP) is 2.49. The maximum absolute atomic E-state index is 5.54. The number of pyridine rings is 2. The number of anilines is 1. The number of hydrogen-bond donors (Lipinski definition) is 1. The zero-order valence-electron chi connectivity index (χ0n) is 7.31. The van der Waals surface area contributed by atoms with Crippen molar-refractivity contribution in [1.29, 1.82) is 0 Å². The molecule has 2 heterocycles. The number of nitrogen functional groups attached to an aromatic ring is 1. The van der Waals surface area contributed by atoms with Gasteiger partial charge < -0.3 is 5.73 Å². The van der Waals surface area contributed by atoms with Crippen LogP contribution in [0.5, 0.6) is 0 Å². The molecular formula is C10H8BrN3. The topological polar surface area (TPSA) is 51.8 Å². The van der Waals surface area contributed by atoms with Crippen molar-refractivity contribution in [1.82, 2.24) is 9.97 Å². The first-order valence-electron chi connectivity index (χ1n) is 4.09. The molecule has 0 fully saturated rings. The molecule has 4 heteroatoms. The van der Waals surface area contributed by atoms with Gasteiger partial charge in [-0.2, -0.15) is 0 Å². The van der Waals surface area contributed by atoms with Crippen LogP contribution in [-0.2, 0) is 0 Å². The lowest BCUT2D eigenvalue weighted by atomic mass is 10.2. The SMILES string of the molecule is Nc1ccc(-c2ccc(Br)cn2)nc1. The molecule has 2 N–H and O–H groups in total. The Labute approximate surface area is 90.1 Å². The number of halogens is 1. The summed E-state index contributed by atoms with van der Waals surface area (Å²) in [5.41, 5.74) is 7.86. The summed E-state index contributed by atoms with van der Waals surface area (Å²) in [6.45, 7) is 0. The Balaban J connectivity index is 2.40. The molecule has 0 unspecified atom stereocenters. The van der Waals surface area contributed by atoms with Crippen molar-refractivity contribution < 1.29 is 0 Å². The minimum atomic E-state index is 0.658. The Hall–Kier alpha value is -1.42. The van der Waals surface area contributed by atoms with E-state index < -0.39 is 0 Å². The van der Waals surface area contributed by atoms with E-state index in [0.29, 0.717) is 5.69 Å². The van der Waals surface area contributed by atoms with Crippen LogP contribution in [0, 0.1) is 0 Å². The molecule has 0 aliphatic carbocycles. The highest BCUT2D eigenvalue weighted by Gasteiger charge is 1.99. The van der Waals surface area contributed by atoms with Gasteiger partial charge in [0.15, 0.2) is 0 Å². The Morgan fingerprint density at radius 1 is 0.929 bits per heavy atom. The van der Waals surface area contributed by atoms with Gasteiger partial charge in [0.1, 0.15) is 0 Å². The van der Waals surface area contributed by atoms with Gasteiger partial charge in [0.2, 0.25) is 0 Å². The number of rotatable bonds is 1. The lowest BCUT2D eigenvalue weighted by Gasteiger charge is -1.99. The maximum atomic E-state index is 5.54. The molecule has 0 aliphatic heterocycles. The average molecular weight is 250 g/mol. The van der Waals surface area contributed by atoms with Gasteiger partial charge in [-0.25, -0.2) is 0 Å². The van der Waals surface area contributed by atoms with Crippen LogP contribution in [0.25, 0.3) is 11.4 Å². The monoisotopic (exact) mass is 249 g/mol. The van der Waals surface area contributed by atoms with Crippen molar-refractivity contribution in [3.05, 3.63) is 41.1 Å². The Kier molecular flexibility index (Phi) is 2.45. The molecule has 0 aliphatic rings. The molecule has 0 bridgehead atoms. The summed E-state index contributed by atoms with van der Waals surface area (Å²) in [4.78, 5) is 8.40. The smallest absolute Gasteiger partial charge is 0.0887 e. The van der Waals surface area contributed by atoms with Crippen molar-refractivity contribution >= 4 is 21.6 Å².